The SMILES string of the molecule is COC(=O)CCCOc1cc(OCc2ccccc2)ccc1Cc1ccc(CN2CCCC2)c(OC)c1. The number of hydrogen-bond donors (Lipinski definition) is 0. The minimum Gasteiger partial charge on any atom is -0.496 e. The zero-order valence-electron chi connectivity index (χ0n) is 21.9. The standard InChI is InChI=1S/C31H37NO5/c1-34-29-20-25(12-13-27(29)22-32-16-6-7-17-32)19-26-14-15-28(37-23-24-9-4-3-5-10-24)21-30(26)36-18-8-11-31(33)35-2/h3-5,9-10,12-15,20-21H,6-8,11,16-19,22-23H2,1-2H3. The first kappa shape index (κ1) is 26.6. The molecular weight excluding hydrogens is 466 g/mol. The van der Waals surface area contributed by atoms with Crippen LogP contribution in [0.4, 0.5) is 0 Å². The number of carbonyl (C=O) groups is 1. The molecule has 3 aromatic carbocycles. The van der Waals surface area contributed by atoms with Gasteiger partial charge >= 0.3 is 5.97 Å². The third-order valence-electron chi connectivity index (χ3n) is 6.64. The summed E-state index contributed by atoms with van der Waals surface area (Å²) >= 11 is 0. The first-order chi connectivity index (χ1) is 18.1. The maximum atomic E-state index is 11.5. The normalized spacial score (nSPS) is 13.4. The Morgan fingerprint density at radius 3 is 2.38 bits per heavy atom. The third-order valence-corrected chi connectivity index (χ3v) is 6.64. The lowest BCUT2D eigenvalue weighted by molar-refractivity contribution is -0.140. The van der Waals surface area contributed by atoms with Crippen molar-refractivity contribution in [2.45, 2.75) is 45.3 Å². The Morgan fingerprint density at radius 1 is 0.838 bits per heavy atom. The molecule has 0 bridgehead atoms. The quantitative estimate of drug-likeness (QED) is 0.217. The topological polar surface area (TPSA) is 57.2 Å². The van der Waals surface area contributed by atoms with Crippen LogP contribution in [0.1, 0.15) is 47.9 Å². The Kier molecular flexibility index (Phi) is 9.83. The van der Waals surface area contributed by atoms with E-state index < -0.39 is 0 Å². The minimum absolute atomic E-state index is 0.232. The number of benzene rings is 3. The predicted octanol–water partition coefficient (Wildman–Crippen LogP) is 5.79. The molecule has 6 heteroatoms. The van der Waals surface area contributed by atoms with Gasteiger partial charge in [0.05, 0.1) is 20.8 Å². The van der Waals surface area contributed by atoms with Gasteiger partial charge in [0.15, 0.2) is 0 Å². The number of methoxy groups -OCH3 is 2. The fraction of sp³-hybridized carbons (Fsp3) is 0.387. The van der Waals surface area contributed by atoms with Crippen LogP contribution in [-0.4, -0.2) is 44.8 Å². The van der Waals surface area contributed by atoms with Crippen molar-refractivity contribution in [3.05, 3.63) is 89.0 Å². The summed E-state index contributed by atoms with van der Waals surface area (Å²) < 4.78 is 22.7. The summed E-state index contributed by atoms with van der Waals surface area (Å²) in [5, 5.41) is 0. The highest BCUT2D eigenvalue weighted by molar-refractivity contribution is 5.69. The van der Waals surface area contributed by atoms with Gasteiger partial charge in [-0.1, -0.05) is 48.5 Å². The molecule has 3 aromatic rings. The molecule has 37 heavy (non-hydrogen) atoms. The molecular formula is C31H37NO5. The summed E-state index contributed by atoms with van der Waals surface area (Å²) in [5.74, 6) is 2.20. The second kappa shape index (κ2) is 13.7. The average Bonchev–Trinajstić information content (AvgIpc) is 3.45. The zero-order valence-corrected chi connectivity index (χ0v) is 21.9. The van der Waals surface area contributed by atoms with E-state index in [1.165, 1.54) is 25.5 Å². The van der Waals surface area contributed by atoms with Gasteiger partial charge in [-0.25, -0.2) is 0 Å². The van der Waals surface area contributed by atoms with E-state index in [-0.39, 0.29) is 5.97 Å². The molecule has 0 amide bonds. The van der Waals surface area contributed by atoms with E-state index in [4.69, 9.17) is 18.9 Å². The smallest absolute Gasteiger partial charge is 0.305 e. The molecule has 0 spiro atoms. The monoisotopic (exact) mass is 503 g/mol. The van der Waals surface area contributed by atoms with Crippen molar-refractivity contribution in [3.8, 4) is 17.2 Å². The summed E-state index contributed by atoms with van der Waals surface area (Å²) in [6.45, 7) is 4.13. The Balaban J connectivity index is 1.47. The summed E-state index contributed by atoms with van der Waals surface area (Å²) in [7, 11) is 3.14. The molecule has 0 aromatic heterocycles. The van der Waals surface area contributed by atoms with Crippen LogP contribution in [0.15, 0.2) is 66.7 Å². The molecule has 1 saturated heterocycles. The van der Waals surface area contributed by atoms with Gasteiger partial charge < -0.3 is 18.9 Å². The molecule has 0 saturated carbocycles. The van der Waals surface area contributed by atoms with Crippen molar-refractivity contribution < 1.29 is 23.7 Å². The van der Waals surface area contributed by atoms with E-state index >= 15 is 0 Å². The van der Waals surface area contributed by atoms with E-state index in [1.807, 2.05) is 42.5 Å². The number of rotatable bonds is 13. The molecule has 1 aliphatic heterocycles. The molecule has 1 aliphatic rings. The summed E-state index contributed by atoms with van der Waals surface area (Å²) in [4.78, 5) is 14.0. The predicted molar refractivity (Wildman–Crippen MR) is 144 cm³/mol. The van der Waals surface area contributed by atoms with Crippen molar-refractivity contribution in [2.24, 2.45) is 0 Å². The summed E-state index contributed by atoms with van der Waals surface area (Å²) in [6, 6.07) is 22.5. The van der Waals surface area contributed by atoms with Gasteiger partial charge in [0.1, 0.15) is 23.9 Å². The molecule has 0 atom stereocenters. The van der Waals surface area contributed by atoms with Crippen LogP contribution in [-0.2, 0) is 29.1 Å². The maximum Gasteiger partial charge on any atom is 0.305 e. The van der Waals surface area contributed by atoms with Gasteiger partial charge in [-0.05, 0) is 61.2 Å². The molecule has 196 valence electrons. The maximum absolute atomic E-state index is 11.5. The lowest BCUT2D eigenvalue weighted by Crippen LogP contribution is -2.18. The third kappa shape index (κ3) is 7.99. The van der Waals surface area contributed by atoms with Crippen LogP contribution in [0.2, 0.25) is 0 Å². The van der Waals surface area contributed by atoms with Crippen molar-refractivity contribution in [3.63, 3.8) is 0 Å². The Morgan fingerprint density at radius 2 is 1.62 bits per heavy atom. The van der Waals surface area contributed by atoms with Crippen molar-refractivity contribution in [1.82, 2.24) is 4.90 Å². The van der Waals surface area contributed by atoms with Crippen LogP contribution >= 0.6 is 0 Å². The van der Waals surface area contributed by atoms with E-state index in [1.54, 1.807) is 7.11 Å². The van der Waals surface area contributed by atoms with Crippen LogP contribution in [0.25, 0.3) is 0 Å². The molecule has 4 rings (SSSR count). The van der Waals surface area contributed by atoms with E-state index in [2.05, 4.69) is 29.2 Å². The molecule has 0 N–H and O–H groups in total. The van der Waals surface area contributed by atoms with Gasteiger partial charge in [-0.2, -0.15) is 0 Å². The van der Waals surface area contributed by atoms with Gasteiger partial charge in [0.25, 0.3) is 0 Å². The fourth-order valence-electron chi connectivity index (χ4n) is 4.58. The zero-order chi connectivity index (χ0) is 25.9. The van der Waals surface area contributed by atoms with Gasteiger partial charge in [0, 0.05) is 31.0 Å². The minimum atomic E-state index is -0.232. The second-order valence-electron chi connectivity index (χ2n) is 9.38. The first-order valence-electron chi connectivity index (χ1n) is 13.0. The molecule has 0 unspecified atom stereocenters. The van der Waals surface area contributed by atoms with Gasteiger partial charge in [-0.3, -0.25) is 9.69 Å². The van der Waals surface area contributed by atoms with Crippen molar-refractivity contribution >= 4 is 5.97 Å². The number of ether oxygens (including phenoxy) is 4. The number of likely N-dealkylation sites (tertiary alicyclic amines) is 1. The highest BCUT2D eigenvalue weighted by Gasteiger charge is 2.15. The average molecular weight is 504 g/mol. The molecule has 0 radical (unpaired) electrons. The lowest BCUT2D eigenvalue weighted by Gasteiger charge is -2.18. The number of hydrogen-bond acceptors (Lipinski definition) is 6. The van der Waals surface area contributed by atoms with Crippen molar-refractivity contribution in [2.75, 3.05) is 33.9 Å². The molecule has 6 nitrogen and oxygen atoms in total. The van der Waals surface area contributed by atoms with Crippen LogP contribution in [0.5, 0.6) is 17.2 Å². The molecule has 1 fully saturated rings. The lowest BCUT2D eigenvalue weighted by atomic mass is 10.0. The number of nitrogens with zero attached hydrogens (tertiary/aromatic N) is 1. The van der Waals surface area contributed by atoms with Crippen LogP contribution < -0.4 is 14.2 Å². The van der Waals surface area contributed by atoms with E-state index in [0.717, 1.165) is 53.6 Å². The highest BCUT2D eigenvalue weighted by atomic mass is 16.5. The largest absolute Gasteiger partial charge is 0.496 e. The summed E-state index contributed by atoms with van der Waals surface area (Å²) in [6.07, 6.45) is 4.15. The highest BCUT2D eigenvalue weighted by Crippen LogP contribution is 2.30. The van der Waals surface area contributed by atoms with Gasteiger partial charge in [-0.15, -0.1) is 0 Å². The fourth-order valence-corrected chi connectivity index (χ4v) is 4.58. The number of esters is 1. The first-order valence-corrected chi connectivity index (χ1v) is 13.0. The van der Waals surface area contributed by atoms with Crippen LogP contribution in [0, 0.1) is 0 Å². The van der Waals surface area contributed by atoms with E-state index in [0.29, 0.717) is 32.5 Å². The van der Waals surface area contributed by atoms with Gasteiger partial charge in [0.2, 0.25) is 0 Å². The Labute approximate surface area is 220 Å². The molecule has 1 heterocycles. The summed E-state index contributed by atoms with van der Waals surface area (Å²) in [5.41, 5.74) is 4.53. The Hall–Kier alpha value is -3.51. The number of carbonyl (C=O) groups excluding carboxylic acids is 1. The second-order valence-corrected chi connectivity index (χ2v) is 9.38. The van der Waals surface area contributed by atoms with Crippen molar-refractivity contribution in [1.29, 1.82) is 0 Å². The van der Waals surface area contributed by atoms with E-state index in [9.17, 15) is 4.79 Å². The molecule has 0 aliphatic carbocycles. The Bertz CT molecular complexity index is 1140. The van der Waals surface area contributed by atoms with Crippen LogP contribution in [0.3, 0.4) is 0 Å².